The number of ether oxygens (including phenoxy) is 4. The number of carbonyl (C=O) groups excluding carboxylic acids is 4. The van der Waals surface area contributed by atoms with Crippen LogP contribution in [0.1, 0.15) is 158 Å². The van der Waals surface area contributed by atoms with Crippen molar-refractivity contribution >= 4 is 56.6 Å². The zero-order chi connectivity index (χ0) is 56.1. The number of ketones is 3. The van der Waals surface area contributed by atoms with Crippen LogP contribution in [-0.4, -0.2) is 145 Å². The summed E-state index contributed by atoms with van der Waals surface area (Å²) in [6, 6.07) is 0. The number of methoxy groups -OCH3 is 3. The van der Waals surface area contributed by atoms with Gasteiger partial charge in [-0.05, 0) is 143 Å². The van der Waals surface area contributed by atoms with Gasteiger partial charge in [-0.2, -0.15) is 4.31 Å². The van der Waals surface area contributed by atoms with Gasteiger partial charge in [0.25, 0.3) is 23.2 Å². The van der Waals surface area contributed by atoms with Crippen LogP contribution in [0.4, 0.5) is 29.2 Å². The third kappa shape index (κ3) is 26.0. The van der Waals surface area contributed by atoms with E-state index in [1.807, 2.05) is 0 Å². The van der Waals surface area contributed by atoms with Gasteiger partial charge in [0.2, 0.25) is 0 Å². The van der Waals surface area contributed by atoms with Crippen LogP contribution in [0.5, 0.6) is 0 Å². The summed E-state index contributed by atoms with van der Waals surface area (Å²) in [6.07, 6.45) is 19.5. The number of hydrogen-bond acceptors (Lipinski definition) is 12. The third-order valence-corrected chi connectivity index (χ3v) is 17.8. The summed E-state index contributed by atoms with van der Waals surface area (Å²) in [5, 5.41) is 9.20. The van der Waals surface area contributed by atoms with E-state index in [0.717, 1.165) is 32.3 Å². The normalized spacial score (nSPS) is 28.5. The Balaban J connectivity index is -0.000000865. The second kappa shape index (κ2) is 40.3. The van der Waals surface area contributed by atoms with Crippen molar-refractivity contribution in [1.29, 1.82) is 0 Å². The van der Waals surface area contributed by atoms with Crippen LogP contribution in [-0.2, 0) is 42.9 Å². The molecule has 7 atom stereocenters. The number of aliphatic carboxylic acids is 1. The molecule has 6 bridgehead atoms. The first kappa shape index (κ1) is 82.1. The summed E-state index contributed by atoms with van der Waals surface area (Å²) in [4.78, 5) is 57.2. The Kier molecular flexibility index (Phi) is 41.4. The van der Waals surface area contributed by atoms with Crippen molar-refractivity contribution in [3.63, 3.8) is 0 Å². The minimum Gasteiger partial charge on any atom is -0.870 e. The number of halogens is 8. The van der Waals surface area contributed by atoms with Crippen molar-refractivity contribution in [1.82, 2.24) is 9.21 Å². The molecule has 8 fully saturated rings. The maximum atomic E-state index is 13.4. The fraction of sp³-hybridized carbons (Fsp3) is 0.839. The Bertz CT molecular complexity index is 1750. The summed E-state index contributed by atoms with van der Waals surface area (Å²) in [5.74, 6) is -7.86. The van der Waals surface area contributed by atoms with E-state index in [4.69, 9.17) is 9.84 Å². The van der Waals surface area contributed by atoms with Crippen molar-refractivity contribution in [2.75, 3.05) is 72.7 Å². The number of hydrogen-bond donors (Lipinski definition) is 1. The Morgan fingerprint density at radius 2 is 1.18 bits per heavy atom. The molecule has 2 saturated heterocycles. The van der Waals surface area contributed by atoms with Gasteiger partial charge in [-0.3, -0.25) is 19.2 Å². The number of nitrogens with zero attached hydrogens (tertiary/aromatic N) is 2. The van der Waals surface area contributed by atoms with E-state index in [-0.39, 0.29) is 125 Å². The average molecular weight is 1240 g/mol. The summed E-state index contributed by atoms with van der Waals surface area (Å²) in [7, 11) is 4.08. The molecule has 4 N–H and O–H groups in total. The monoisotopic (exact) mass is 1240 g/mol. The number of Topliss-reactive ketones (excluding diaryl/α,β-unsaturated/α-hetero) is 3. The number of alkyl halides is 5. The first-order chi connectivity index (χ1) is 35.3. The van der Waals surface area contributed by atoms with Crippen LogP contribution in [0.2, 0.25) is 0 Å². The van der Waals surface area contributed by atoms with Gasteiger partial charge in [0.1, 0.15) is 17.3 Å². The number of carboxylic acids is 1. The van der Waals surface area contributed by atoms with E-state index in [2.05, 4.69) is 54.6 Å². The van der Waals surface area contributed by atoms with Crippen LogP contribution < -0.4 is 18.9 Å². The van der Waals surface area contributed by atoms with E-state index < -0.39 is 58.8 Å². The zero-order valence-corrected chi connectivity index (χ0v) is 49.4. The van der Waals surface area contributed by atoms with E-state index in [9.17, 15) is 53.2 Å². The van der Waals surface area contributed by atoms with Gasteiger partial charge in [0.05, 0.1) is 32.3 Å². The SMILES string of the molecule is C.C.C1=C(N2CCCC2)CCC1.C=C(CBr)C(=O)OC.CC(=O)C1CC2CCC(C1)C2(F)F.CC(=O)C1CC2CCC(C1)C2=O.CC1CCCO1.COCCN(CCOC)S(F)(F)F.O.O=C(O)C1CC2CCC(C1)C2(F)F.[Li+].[OH-]. The second-order valence-electron chi connectivity index (χ2n) is 21.4. The van der Waals surface area contributed by atoms with Crippen molar-refractivity contribution in [2.45, 2.75) is 176 Å². The molecule has 7 aliphatic carbocycles. The minimum absolute atomic E-state index is 0. The van der Waals surface area contributed by atoms with E-state index >= 15 is 0 Å². The number of carbonyl (C=O) groups is 5. The van der Waals surface area contributed by atoms with Crippen LogP contribution in [0.15, 0.2) is 23.9 Å². The maximum absolute atomic E-state index is 13.4. The molecular weight excluding hydrogens is 1140 g/mol. The molecule has 0 radical (unpaired) electrons. The molecule has 0 aromatic carbocycles. The van der Waals surface area contributed by atoms with E-state index in [1.54, 1.807) is 12.6 Å². The Hall–Kier alpha value is -2.07. The van der Waals surface area contributed by atoms with Crippen molar-refractivity contribution < 1.29 is 107 Å². The van der Waals surface area contributed by atoms with Crippen LogP contribution in [0, 0.1) is 53.3 Å². The largest absolute Gasteiger partial charge is 1.00 e. The molecule has 9 rings (SSSR count). The Morgan fingerprint density at radius 1 is 0.750 bits per heavy atom. The van der Waals surface area contributed by atoms with E-state index in [0.29, 0.717) is 65.6 Å². The molecule has 0 aromatic rings. The van der Waals surface area contributed by atoms with Crippen molar-refractivity contribution in [2.24, 2.45) is 53.3 Å². The molecule has 80 heavy (non-hydrogen) atoms. The number of likely N-dealkylation sites (tertiary alicyclic amines) is 1. The van der Waals surface area contributed by atoms with Crippen LogP contribution in [0.25, 0.3) is 0 Å². The minimum atomic E-state index is -5.14. The van der Waals surface area contributed by atoms with Gasteiger partial charge in [-0.1, -0.05) is 43.4 Å². The standard InChI is InChI=1S/C10H14F2O.C10H14O2.C9H12F2O2.C9H15N.C6H14F3NO2S.C5H7BrO2.C5H10O.2CH4.Li.2H2O/c1-6(13)7-4-8-2-3-9(5-7)10(8,11)12;1-6(11)9-4-7-2-3-8(5-9)10(7)12;10-9(11)6-1-2-7(9)4-5(3-6)8(12)13;1-2-6-9(5-1)10-7-3-4-8-10;1-11-5-3-10(4-6-12-2)13(7,8)9;1-4(3-6)5(7)8-2;1-5-3-2-4-6-5;;;;;/h7-9H,2-5H2,1H3;7-9H,2-5H2,1H3;5-7H,1-4H2,(H,12,13);5H,1-4,6-8H2;3-6H2,1-2H3;1,3H2,2H3;5H,2-4H2,1H3;2*1H4;;2*1H2/q;;;;;;;;;+1;;/p-1. The predicted octanol–water partition coefficient (Wildman–Crippen LogP) is 10.0. The van der Waals surface area contributed by atoms with Gasteiger partial charge < -0.3 is 39.9 Å². The van der Waals surface area contributed by atoms with E-state index in [1.165, 1.54) is 86.3 Å². The molecule has 9 aliphatic rings. The number of esters is 1. The fourth-order valence-corrected chi connectivity index (χ4v) is 12.4. The van der Waals surface area contributed by atoms with Crippen molar-refractivity contribution in [3.8, 4) is 0 Å². The number of allylic oxidation sites excluding steroid dienone is 2. The van der Waals surface area contributed by atoms with Crippen molar-refractivity contribution in [3.05, 3.63) is 23.9 Å². The molecule has 2 aliphatic heterocycles. The second-order valence-corrected chi connectivity index (χ2v) is 23.2. The maximum Gasteiger partial charge on any atom is 1.00 e. The summed E-state index contributed by atoms with van der Waals surface area (Å²) in [5.41, 5.74) is 2.07. The van der Waals surface area contributed by atoms with Crippen LogP contribution >= 0.6 is 27.3 Å². The van der Waals surface area contributed by atoms with Gasteiger partial charge in [-0.15, -0.1) is 11.7 Å². The zero-order valence-electron chi connectivity index (χ0n) is 47.0. The number of fused-ring (bicyclic) bond motifs is 6. The van der Waals surface area contributed by atoms with Gasteiger partial charge >= 0.3 is 30.8 Å². The average Bonchev–Trinajstić information content (AvgIpc) is 4.23. The third-order valence-electron chi connectivity index (χ3n) is 16.2. The molecule has 14 nitrogen and oxygen atoms in total. The molecular formula is C56H97BrF7LiN2O12S. The van der Waals surface area contributed by atoms with Gasteiger partial charge in [0.15, 0.2) is 0 Å². The molecule has 0 aromatic heterocycles. The first-order valence-electron chi connectivity index (χ1n) is 26.9. The number of carboxylic acid groups (broad SMARTS) is 1. The topological polar surface area (TPSA) is 210 Å². The molecule has 2 heterocycles. The van der Waals surface area contributed by atoms with Crippen LogP contribution in [0.3, 0.4) is 0 Å². The quantitative estimate of drug-likeness (QED) is 0.0599. The summed E-state index contributed by atoms with van der Waals surface area (Å²) >= 11 is -2.08. The Labute approximate surface area is 495 Å². The Morgan fingerprint density at radius 3 is 1.46 bits per heavy atom. The first-order valence-corrected chi connectivity index (χ1v) is 29.3. The molecule has 0 amide bonds. The van der Waals surface area contributed by atoms with Gasteiger partial charge in [-0.25, -0.2) is 22.4 Å². The molecule has 0 spiro atoms. The molecule has 466 valence electrons. The number of rotatable bonds is 13. The molecule has 24 heteroatoms. The van der Waals surface area contributed by atoms with Gasteiger partial charge in [0, 0.05) is 111 Å². The summed E-state index contributed by atoms with van der Waals surface area (Å²) < 4.78 is 109. The molecule has 7 unspecified atom stereocenters. The summed E-state index contributed by atoms with van der Waals surface area (Å²) in [6.45, 7) is 12.3. The molecule has 6 saturated carbocycles. The predicted molar refractivity (Wildman–Crippen MR) is 298 cm³/mol. The smallest absolute Gasteiger partial charge is 0.870 e. The fourth-order valence-electron chi connectivity index (χ4n) is 11.6.